The molecule has 2 unspecified atom stereocenters. The molecule has 0 aromatic heterocycles. The van der Waals surface area contributed by atoms with Gasteiger partial charge in [-0.2, -0.15) is 0 Å². The maximum atomic E-state index is 8.54. The molecule has 0 saturated carbocycles. The SMILES string of the molecule is C[CH2][Zr]([Cl])([Cl])([CH]1C(CC(C)C)=Cc2c(-c3ccc(C)cc3)cccc21)[CH]1C(CC(C)C)=Cc2c(-c3ccc(C)cc3)cccc21. The molecule has 6 rings (SSSR count). The summed E-state index contributed by atoms with van der Waals surface area (Å²) in [5.41, 5.74) is 15.8. The van der Waals surface area contributed by atoms with Crippen LogP contribution in [0.1, 0.15) is 88.1 Å². The fraction of sp³-hybridized carbons (Fsp3) is 0.333. The number of allylic oxidation sites excluding steroid dienone is 2. The molecule has 3 heteroatoms. The van der Waals surface area contributed by atoms with E-state index in [2.05, 4.69) is 146 Å². The number of benzene rings is 4. The van der Waals surface area contributed by atoms with E-state index < -0.39 is 16.4 Å². The van der Waals surface area contributed by atoms with Crippen LogP contribution < -0.4 is 0 Å². The van der Waals surface area contributed by atoms with Gasteiger partial charge in [-0.25, -0.2) is 0 Å². The van der Waals surface area contributed by atoms with Gasteiger partial charge in [0.05, 0.1) is 0 Å². The first kappa shape index (κ1) is 32.8. The van der Waals surface area contributed by atoms with Crippen LogP contribution in [-0.4, -0.2) is 0 Å². The van der Waals surface area contributed by atoms with Crippen LogP contribution in [-0.2, 0) is 16.4 Å². The zero-order valence-corrected chi connectivity index (χ0v) is 31.9. The van der Waals surface area contributed by atoms with Crippen LogP contribution in [0.4, 0.5) is 0 Å². The van der Waals surface area contributed by atoms with Gasteiger partial charge in [-0.05, 0) is 0 Å². The van der Waals surface area contributed by atoms with Crippen molar-refractivity contribution in [2.24, 2.45) is 11.8 Å². The molecule has 0 bridgehead atoms. The summed E-state index contributed by atoms with van der Waals surface area (Å²) in [7, 11) is 17.1. The first-order chi connectivity index (χ1) is 21.4. The normalized spacial score (nSPS) is 18.4. The van der Waals surface area contributed by atoms with Crippen molar-refractivity contribution in [2.45, 2.75) is 72.7 Å². The van der Waals surface area contributed by atoms with Crippen LogP contribution >= 0.6 is 17.0 Å². The fourth-order valence-electron chi connectivity index (χ4n) is 8.16. The number of hydrogen-bond donors (Lipinski definition) is 0. The Bertz CT molecular complexity index is 1660. The number of rotatable bonds is 9. The topological polar surface area (TPSA) is 0 Å². The molecule has 0 amide bonds. The Morgan fingerprint density at radius 2 is 0.956 bits per heavy atom. The van der Waals surface area contributed by atoms with Crippen molar-refractivity contribution in [3.63, 3.8) is 0 Å². The van der Waals surface area contributed by atoms with Gasteiger partial charge in [0.25, 0.3) is 0 Å². The molecule has 0 N–H and O–H groups in total. The van der Waals surface area contributed by atoms with Crippen LogP contribution in [0, 0.1) is 25.7 Å². The average Bonchev–Trinajstić information content (AvgIpc) is 3.56. The molecule has 2 aliphatic carbocycles. The maximum absolute atomic E-state index is 8.54. The van der Waals surface area contributed by atoms with Gasteiger partial charge in [0, 0.05) is 0 Å². The monoisotopic (exact) mass is 711 g/mol. The van der Waals surface area contributed by atoms with E-state index in [9.17, 15) is 0 Å². The summed E-state index contributed by atoms with van der Waals surface area (Å²) in [5, 5.41) is 0. The van der Waals surface area contributed by atoms with Crippen LogP contribution in [0.15, 0.2) is 96.1 Å². The van der Waals surface area contributed by atoms with E-state index in [1.165, 1.54) is 66.8 Å². The van der Waals surface area contributed by atoms with Crippen LogP contribution in [0.25, 0.3) is 34.4 Å². The van der Waals surface area contributed by atoms with Gasteiger partial charge in [0.15, 0.2) is 0 Å². The van der Waals surface area contributed by atoms with Crippen molar-refractivity contribution < 1.29 is 16.4 Å². The Labute approximate surface area is 279 Å². The van der Waals surface area contributed by atoms with Gasteiger partial charge >= 0.3 is 282 Å². The van der Waals surface area contributed by atoms with E-state index in [1.807, 2.05) is 0 Å². The molecule has 4 aromatic carbocycles. The zero-order chi connectivity index (χ0) is 32.1. The minimum atomic E-state index is -4.85. The second kappa shape index (κ2) is 12.4. The Balaban J connectivity index is 1.58. The van der Waals surface area contributed by atoms with Crippen molar-refractivity contribution in [3.05, 3.63) is 129 Å². The molecule has 2 aliphatic rings. The molecule has 4 aromatic rings. The molecule has 0 fully saturated rings. The molecule has 0 spiro atoms. The Morgan fingerprint density at radius 3 is 1.29 bits per heavy atom. The second-order valence-corrected chi connectivity index (χ2v) is 37.5. The van der Waals surface area contributed by atoms with E-state index in [0.29, 0.717) is 11.8 Å². The van der Waals surface area contributed by atoms with Crippen LogP contribution in [0.3, 0.4) is 0 Å². The standard InChI is InChI=1S/2C20H21.C2H5.2ClH.Zr/c2*1-14(2)11-16-12-18-5-4-6-19(20(18)13-16)17-9-7-15(3)8-10-17;1-2;;;/h2*4-10,12-14H,11H2,1-3H3;1H2,2H3;2*1H;/q;;;;;+2/p-2. The quantitative estimate of drug-likeness (QED) is 0.162. The molecule has 233 valence electrons. The van der Waals surface area contributed by atoms with Gasteiger partial charge in [0.2, 0.25) is 0 Å². The fourth-order valence-corrected chi connectivity index (χ4v) is 26.2. The van der Waals surface area contributed by atoms with E-state index in [4.69, 9.17) is 17.0 Å². The Morgan fingerprint density at radius 1 is 0.578 bits per heavy atom. The molecule has 0 heterocycles. The van der Waals surface area contributed by atoms with E-state index in [0.717, 1.165) is 17.0 Å². The predicted molar refractivity (Wildman–Crippen MR) is 196 cm³/mol. The molecule has 0 nitrogen and oxygen atoms in total. The van der Waals surface area contributed by atoms with Crippen molar-refractivity contribution >= 4 is 29.2 Å². The summed E-state index contributed by atoms with van der Waals surface area (Å²) in [6, 6.07) is 31.5. The minimum absolute atomic E-state index is 0.0668. The van der Waals surface area contributed by atoms with Crippen molar-refractivity contribution in [3.8, 4) is 22.3 Å². The van der Waals surface area contributed by atoms with Crippen LogP contribution in [0.5, 0.6) is 0 Å². The van der Waals surface area contributed by atoms with E-state index in [-0.39, 0.29) is 7.25 Å². The van der Waals surface area contributed by atoms with Gasteiger partial charge in [-0.1, -0.05) is 0 Å². The number of fused-ring (bicyclic) bond motifs is 2. The predicted octanol–water partition coefficient (Wildman–Crippen LogP) is 13.7. The van der Waals surface area contributed by atoms with E-state index in [1.54, 1.807) is 0 Å². The molecule has 0 aliphatic heterocycles. The van der Waals surface area contributed by atoms with Crippen molar-refractivity contribution in [1.82, 2.24) is 0 Å². The van der Waals surface area contributed by atoms with Gasteiger partial charge in [0.1, 0.15) is 0 Å². The number of halogens is 2. The summed E-state index contributed by atoms with van der Waals surface area (Å²) in [5.74, 6) is 1.02. The third-order valence-corrected chi connectivity index (χ3v) is 31.0. The second-order valence-electron chi connectivity index (χ2n) is 14.6. The number of hydrogen-bond acceptors (Lipinski definition) is 0. The van der Waals surface area contributed by atoms with Gasteiger partial charge in [-0.3, -0.25) is 0 Å². The van der Waals surface area contributed by atoms with Crippen LogP contribution in [0.2, 0.25) is 4.13 Å². The molecule has 2 atom stereocenters. The summed E-state index contributed by atoms with van der Waals surface area (Å²) < 4.78 is 0.960. The average molecular weight is 714 g/mol. The summed E-state index contributed by atoms with van der Waals surface area (Å²) >= 11 is -4.85. The first-order valence-corrected chi connectivity index (χ1v) is 27.7. The third-order valence-electron chi connectivity index (χ3n) is 10.2. The Kier molecular flexibility index (Phi) is 9.06. The molecule has 0 radical (unpaired) electrons. The van der Waals surface area contributed by atoms with Crippen molar-refractivity contribution in [1.29, 1.82) is 0 Å². The van der Waals surface area contributed by atoms with E-state index >= 15 is 0 Å². The summed E-state index contributed by atoms with van der Waals surface area (Å²) in [4.78, 5) is 0. The zero-order valence-electron chi connectivity index (χ0n) is 27.9. The van der Waals surface area contributed by atoms with Gasteiger partial charge < -0.3 is 0 Å². The molecule has 0 saturated heterocycles. The molecule has 45 heavy (non-hydrogen) atoms. The summed E-state index contributed by atoms with van der Waals surface area (Å²) in [6.45, 7) is 15.9. The van der Waals surface area contributed by atoms with Crippen molar-refractivity contribution in [2.75, 3.05) is 0 Å². The molecular formula is C42H47Cl2Zr. The first-order valence-electron chi connectivity index (χ1n) is 16.8. The summed E-state index contributed by atoms with van der Waals surface area (Å²) in [6.07, 6.45) is 6.96. The van der Waals surface area contributed by atoms with Gasteiger partial charge in [-0.15, -0.1) is 0 Å². The molecular weight excluding hydrogens is 667 g/mol. The third kappa shape index (κ3) is 5.92. The number of aryl methyl sites for hydroxylation is 2. The Hall–Kier alpha value is -2.18.